The van der Waals surface area contributed by atoms with E-state index in [-0.39, 0.29) is 11.3 Å². The highest BCUT2D eigenvalue weighted by Crippen LogP contribution is 2.41. The number of aromatic nitrogens is 2. The molecule has 1 saturated heterocycles. The minimum Gasteiger partial charge on any atom is -0.459 e. The molecular weight excluding hydrogens is 242 g/mol. The largest absolute Gasteiger partial charge is 0.459 e. The average molecular weight is 257 g/mol. The number of hydrogen-bond donors (Lipinski definition) is 0. The molecule has 2 aromatic heterocycles. The Kier molecular flexibility index (Phi) is 2.13. The van der Waals surface area contributed by atoms with Gasteiger partial charge < -0.3 is 13.9 Å². The van der Waals surface area contributed by atoms with Gasteiger partial charge in [0.1, 0.15) is 5.82 Å². The first-order chi connectivity index (χ1) is 9.28. The van der Waals surface area contributed by atoms with Gasteiger partial charge in [-0.25, -0.2) is 4.98 Å². The second kappa shape index (κ2) is 3.73. The average Bonchev–Trinajstić information content (AvgIpc) is 3.15. The number of fused-ring (bicyclic) bond motifs is 2. The van der Waals surface area contributed by atoms with Crippen LogP contribution in [0.1, 0.15) is 29.2 Å². The molecule has 0 aliphatic carbocycles. The Labute approximate surface area is 110 Å². The lowest BCUT2D eigenvalue weighted by Gasteiger charge is -2.22. The number of carbonyl (C=O) groups is 1. The van der Waals surface area contributed by atoms with Gasteiger partial charge >= 0.3 is 0 Å². The van der Waals surface area contributed by atoms with Crippen molar-refractivity contribution in [2.75, 3.05) is 13.1 Å². The van der Waals surface area contributed by atoms with Crippen molar-refractivity contribution in [3.63, 3.8) is 0 Å². The van der Waals surface area contributed by atoms with Crippen LogP contribution in [0.15, 0.2) is 35.2 Å². The van der Waals surface area contributed by atoms with Crippen LogP contribution in [0.25, 0.3) is 0 Å². The molecule has 1 fully saturated rings. The summed E-state index contributed by atoms with van der Waals surface area (Å²) in [6, 6.07) is 3.48. The van der Waals surface area contributed by atoms with Gasteiger partial charge in [0.2, 0.25) is 0 Å². The monoisotopic (exact) mass is 257 g/mol. The van der Waals surface area contributed by atoms with E-state index in [4.69, 9.17) is 4.42 Å². The molecule has 98 valence electrons. The van der Waals surface area contributed by atoms with E-state index in [0.29, 0.717) is 5.76 Å². The number of rotatable bonds is 1. The first-order valence-corrected chi connectivity index (χ1v) is 6.63. The predicted molar refractivity (Wildman–Crippen MR) is 67.8 cm³/mol. The van der Waals surface area contributed by atoms with E-state index in [1.165, 1.54) is 0 Å². The van der Waals surface area contributed by atoms with E-state index in [1.807, 2.05) is 17.3 Å². The van der Waals surface area contributed by atoms with Crippen molar-refractivity contribution >= 4 is 5.91 Å². The number of amides is 1. The summed E-state index contributed by atoms with van der Waals surface area (Å²) in [6.45, 7) is 2.55. The first kappa shape index (κ1) is 10.8. The number of furan rings is 1. The van der Waals surface area contributed by atoms with Crippen molar-refractivity contribution in [2.45, 2.75) is 24.8 Å². The summed E-state index contributed by atoms with van der Waals surface area (Å²) in [5.41, 5.74) is 0.0613. The van der Waals surface area contributed by atoms with E-state index >= 15 is 0 Å². The van der Waals surface area contributed by atoms with Crippen LogP contribution >= 0.6 is 0 Å². The van der Waals surface area contributed by atoms with Gasteiger partial charge in [0, 0.05) is 37.4 Å². The molecule has 1 atom stereocenters. The lowest BCUT2D eigenvalue weighted by Crippen LogP contribution is -2.33. The molecule has 1 spiro atoms. The van der Waals surface area contributed by atoms with Gasteiger partial charge in [0.05, 0.1) is 6.26 Å². The van der Waals surface area contributed by atoms with Gasteiger partial charge in [0.15, 0.2) is 5.76 Å². The van der Waals surface area contributed by atoms with Crippen molar-refractivity contribution in [1.29, 1.82) is 0 Å². The first-order valence-electron chi connectivity index (χ1n) is 6.63. The SMILES string of the molecule is O=C(c1ccco1)N1CCC2(CCn3ccnc32)C1. The van der Waals surface area contributed by atoms with Crippen LogP contribution in [0.2, 0.25) is 0 Å². The molecule has 0 saturated carbocycles. The summed E-state index contributed by atoms with van der Waals surface area (Å²) in [6.07, 6.45) is 7.50. The fraction of sp³-hybridized carbons (Fsp3) is 0.429. The highest BCUT2D eigenvalue weighted by atomic mass is 16.3. The van der Waals surface area contributed by atoms with Gasteiger partial charge in [-0.2, -0.15) is 0 Å². The van der Waals surface area contributed by atoms with Crippen molar-refractivity contribution in [1.82, 2.24) is 14.5 Å². The van der Waals surface area contributed by atoms with Crippen LogP contribution in [0.5, 0.6) is 0 Å². The van der Waals surface area contributed by atoms with Crippen molar-refractivity contribution in [3.05, 3.63) is 42.4 Å². The number of likely N-dealkylation sites (tertiary alicyclic amines) is 1. The number of aryl methyl sites for hydroxylation is 1. The summed E-state index contributed by atoms with van der Waals surface area (Å²) >= 11 is 0. The van der Waals surface area contributed by atoms with Crippen LogP contribution in [0, 0.1) is 0 Å². The standard InChI is InChI=1S/C14H15N3O2/c18-12(11-2-1-9-19-11)17-7-4-14(10-17)3-6-16-8-5-15-13(14)16/h1-2,5,8-9H,3-4,6-7,10H2. The summed E-state index contributed by atoms with van der Waals surface area (Å²) in [5, 5.41) is 0. The van der Waals surface area contributed by atoms with Gasteiger partial charge in [-0.15, -0.1) is 0 Å². The van der Waals surface area contributed by atoms with Gasteiger partial charge in [-0.3, -0.25) is 4.79 Å². The Bertz CT molecular complexity index is 616. The Morgan fingerprint density at radius 1 is 1.37 bits per heavy atom. The van der Waals surface area contributed by atoms with E-state index in [1.54, 1.807) is 18.4 Å². The molecule has 0 N–H and O–H groups in total. The minimum absolute atomic E-state index is 0.00752. The minimum atomic E-state index is -0.00752. The molecule has 4 rings (SSSR count). The van der Waals surface area contributed by atoms with Crippen LogP contribution in [0.3, 0.4) is 0 Å². The third-order valence-electron chi connectivity index (χ3n) is 4.39. The van der Waals surface area contributed by atoms with Crippen LogP contribution < -0.4 is 0 Å². The summed E-state index contributed by atoms with van der Waals surface area (Å²) in [4.78, 5) is 18.7. The van der Waals surface area contributed by atoms with E-state index in [0.717, 1.165) is 38.3 Å². The quantitative estimate of drug-likeness (QED) is 0.780. The molecule has 2 aliphatic heterocycles. The van der Waals surface area contributed by atoms with Gasteiger partial charge in [0.25, 0.3) is 5.91 Å². The Morgan fingerprint density at radius 3 is 3.11 bits per heavy atom. The smallest absolute Gasteiger partial charge is 0.289 e. The second-order valence-electron chi connectivity index (χ2n) is 5.43. The number of imidazole rings is 1. The molecular formula is C14H15N3O2. The number of carbonyl (C=O) groups excluding carboxylic acids is 1. The normalized spacial score (nSPS) is 25.2. The lowest BCUT2D eigenvalue weighted by molar-refractivity contribution is 0.0751. The van der Waals surface area contributed by atoms with Gasteiger partial charge in [-0.1, -0.05) is 0 Å². The number of hydrogen-bond acceptors (Lipinski definition) is 3. The zero-order valence-corrected chi connectivity index (χ0v) is 10.6. The zero-order valence-electron chi connectivity index (χ0n) is 10.6. The molecule has 5 heteroatoms. The van der Waals surface area contributed by atoms with Crippen molar-refractivity contribution in [3.8, 4) is 0 Å². The molecule has 2 aliphatic rings. The van der Waals surface area contributed by atoms with E-state index in [9.17, 15) is 4.79 Å². The fourth-order valence-electron chi connectivity index (χ4n) is 3.39. The predicted octanol–water partition coefficient (Wildman–Crippen LogP) is 1.66. The Morgan fingerprint density at radius 2 is 2.26 bits per heavy atom. The number of nitrogens with zero attached hydrogens (tertiary/aromatic N) is 3. The topological polar surface area (TPSA) is 51.3 Å². The fourth-order valence-corrected chi connectivity index (χ4v) is 3.39. The van der Waals surface area contributed by atoms with E-state index in [2.05, 4.69) is 9.55 Å². The lowest BCUT2D eigenvalue weighted by atomic mass is 9.85. The molecule has 1 amide bonds. The molecule has 0 aromatic carbocycles. The van der Waals surface area contributed by atoms with Crippen LogP contribution in [-0.4, -0.2) is 33.4 Å². The van der Waals surface area contributed by atoms with Crippen LogP contribution in [-0.2, 0) is 12.0 Å². The summed E-state index contributed by atoms with van der Waals surface area (Å²) < 4.78 is 7.41. The summed E-state index contributed by atoms with van der Waals surface area (Å²) in [5.74, 6) is 1.56. The van der Waals surface area contributed by atoms with Gasteiger partial charge in [-0.05, 0) is 25.0 Å². The highest BCUT2D eigenvalue weighted by Gasteiger charge is 2.47. The molecule has 0 bridgehead atoms. The third-order valence-corrected chi connectivity index (χ3v) is 4.39. The van der Waals surface area contributed by atoms with Crippen LogP contribution in [0.4, 0.5) is 0 Å². The maximum absolute atomic E-state index is 12.3. The third kappa shape index (κ3) is 1.47. The molecule has 0 radical (unpaired) electrons. The summed E-state index contributed by atoms with van der Waals surface area (Å²) in [7, 11) is 0. The zero-order chi connectivity index (χ0) is 12.9. The maximum atomic E-state index is 12.3. The molecule has 1 unspecified atom stereocenters. The Balaban J connectivity index is 1.60. The highest BCUT2D eigenvalue weighted by molar-refractivity contribution is 5.91. The van der Waals surface area contributed by atoms with Crippen molar-refractivity contribution in [2.24, 2.45) is 0 Å². The maximum Gasteiger partial charge on any atom is 0.289 e. The molecule has 5 nitrogen and oxygen atoms in total. The molecule has 4 heterocycles. The second-order valence-corrected chi connectivity index (χ2v) is 5.43. The van der Waals surface area contributed by atoms with E-state index < -0.39 is 0 Å². The van der Waals surface area contributed by atoms with Crippen molar-refractivity contribution < 1.29 is 9.21 Å². The Hall–Kier alpha value is -2.04. The molecule has 2 aromatic rings. The molecule has 19 heavy (non-hydrogen) atoms.